The fraction of sp³-hybridized carbons (Fsp3) is 0.281. The number of aromatic nitrogens is 3. The van der Waals surface area contributed by atoms with Crippen LogP contribution in [0, 0.1) is 11.7 Å². The van der Waals surface area contributed by atoms with Gasteiger partial charge in [-0.1, -0.05) is 36.9 Å². The molecule has 0 amide bonds. The molecule has 5 rings (SSSR count). The van der Waals surface area contributed by atoms with Crippen LogP contribution < -0.4 is 5.56 Å². The molecule has 10 heteroatoms. The number of hydrogen-bond donors (Lipinski definition) is 1. The topological polar surface area (TPSA) is 120 Å². The van der Waals surface area contributed by atoms with E-state index in [4.69, 9.17) is 19.4 Å². The molecule has 0 fully saturated rings. The highest BCUT2D eigenvalue weighted by molar-refractivity contribution is 5.93. The van der Waals surface area contributed by atoms with Gasteiger partial charge in [-0.25, -0.2) is 14.4 Å². The van der Waals surface area contributed by atoms with Crippen LogP contribution in [0.2, 0.25) is 0 Å². The van der Waals surface area contributed by atoms with Crippen molar-refractivity contribution < 1.29 is 23.6 Å². The number of benzene rings is 2. The van der Waals surface area contributed by atoms with Crippen molar-refractivity contribution in [2.24, 2.45) is 10.9 Å². The van der Waals surface area contributed by atoms with Crippen LogP contribution in [0.3, 0.4) is 0 Å². The van der Waals surface area contributed by atoms with E-state index < -0.39 is 11.8 Å². The highest BCUT2D eigenvalue weighted by Crippen LogP contribution is 2.25. The lowest BCUT2D eigenvalue weighted by Gasteiger charge is -2.14. The van der Waals surface area contributed by atoms with Crippen LogP contribution in [0.25, 0.3) is 27.8 Å². The fourth-order valence-electron chi connectivity index (χ4n) is 4.84. The van der Waals surface area contributed by atoms with E-state index in [1.807, 2.05) is 6.08 Å². The average Bonchev–Trinajstić information content (AvgIpc) is 3.45. The van der Waals surface area contributed by atoms with Crippen molar-refractivity contribution in [3.63, 3.8) is 0 Å². The normalized spacial score (nSPS) is 16.6. The van der Waals surface area contributed by atoms with Gasteiger partial charge in [-0.15, -0.1) is 0 Å². The van der Waals surface area contributed by atoms with Gasteiger partial charge in [-0.2, -0.15) is 0 Å². The number of nitrogens with zero attached hydrogens (tertiary/aromatic N) is 4. The quantitative estimate of drug-likeness (QED) is 0.197. The molecule has 9 nitrogen and oxygen atoms in total. The molecule has 216 valence electrons. The first-order valence-corrected chi connectivity index (χ1v) is 13.8. The van der Waals surface area contributed by atoms with Crippen LogP contribution in [-0.2, 0) is 16.0 Å². The third-order valence-corrected chi connectivity index (χ3v) is 6.95. The molecule has 1 aliphatic heterocycles. The zero-order valence-electron chi connectivity index (χ0n) is 23.3. The third-order valence-electron chi connectivity index (χ3n) is 6.95. The number of allylic oxidation sites excluding steroid dienone is 2. The summed E-state index contributed by atoms with van der Waals surface area (Å²) < 4.78 is 26.5. The van der Waals surface area contributed by atoms with Crippen LogP contribution in [0.15, 0.2) is 87.3 Å². The van der Waals surface area contributed by atoms with Gasteiger partial charge in [0.2, 0.25) is 5.76 Å². The number of aryl methyl sites for hydroxylation is 1. The van der Waals surface area contributed by atoms with Crippen molar-refractivity contribution in [2.75, 3.05) is 6.61 Å². The maximum atomic E-state index is 13.7. The highest BCUT2D eigenvalue weighted by atomic mass is 19.1. The summed E-state index contributed by atoms with van der Waals surface area (Å²) in [6, 6.07) is 12.5. The number of carboxylic acids is 1. The summed E-state index contributed by atoms with van der Waals surface area (Å²) >= 11 is 0. The van der Waals surface area contributed by atoms with Gasteiger partial charge in [0.05, 0.1) is 16.6 Å². The Labute approximate surface area is 241 Å². The van der Waals surface area contributed by atoms with E-state index >= 15 is 0 Å². The number of ether oxygens (including phenoxy) is 1. The van der Waals surface area contributed by atoms with Crippen molar-refractivity contribution >= 4 is 22.8 Å². The van der Waals surface area contributed by atoms with E-state index in [0.29, 0.717) is 82.8 Å². The molecule has 4 aromatic rings. The summed E-state index contributed by atoms with van der Waals surface area (Å²) in [6.45, 7) is 6.54. The molecule has 2 aromatic carbocycles. The van der Waals surface area contributed by atoms with Crippen molar-refractivity contribution in [2.45, 2.75) is 45.4 Å². The summed E-state index contributed by atoms with van der Waals surface area (Å²) in [4.78, 5) is 34.0. The van der Waals surface area contributed by atoms with Crippen molar-refractivity contribution in [1.82, 2.24) is 14.7 Å². The minimum Gasteiger partial charge on any atom is -0.481 e. The predicted octanol–water partition coefficient (Wildman–Crippen LogP) is 6.24. The molecule has 1 N–H and O–H groups in total. The molecule has 0 saturated heterocycles. The molecular weight excluding hydrogens is 539 g/mol. The van der Waals surface area contributed by atoms with Crippen LogP contribution in [0.4, 0.5) is 4.39 Å². The number of carbonyl (C=O) groups is 1. The first kappa shape index (κ1) is 28.7. The molecule has 1 aliphatic rings. The number of rotatable bonds is 8. The zero-order valence-corrected chi connectivity index (χ0v) is 23.3. The second kappa shape index (κ2) is 12.8. The number of hydrogen-bond acceptors (Lipinski definition) is 7. The standard InChI is InChI=1S/C32H31FN4O5/c1-20-7-5-6-16-41-31(34-21(2)17-20)28-19-26(36-42-28)22-10-15-25-27(18-22)35-29(8-3-4-9-30(38)39)37(32(25)40)24-13-11-23(33)12-14-24/h5-6,10-15,18-20H,2-4,7-9,16-17H2,1H3,(H,38,39)/b6-5-,34-31?. The van der Waals surface area contributed by atoms with Crippen LogP contribution >= 0.6 is 0 Å². The van der Waals surface area contributed by atoms with Crippen LogP contribution in [-0.4, -0.2) is 38.3 Å². The minimum absolute atomic E-state index is 0.0185. The first-order chi connectivity index (χ1) is 20.3. The molecule has 1 atom stereocenters. The second-order valence-corrected chi connectivity index (χ2v) is 10.4. The summed E-state index contributed by atoms with van der Waals surface area (Å²) in [5.41, 5.74) is 2.50. The van der Waals surface area contributed by atoms with Crippen LogP contribution in [0.5, 0.6) is 0 Å². The number of unbranched alkanes of at least 4 members (excludes halogenated alkanes) is 1. The van der Waals surface area contributed by atoms with E-state index in [1.54, 1.807) is 24.3 Å². The van der Waals surface area contributed by atoms with Gasteiger partial charge in [0.25, 0.3) is 11.5 Å². The van der Waals surface area contributed by atoms with Gasteiger partial charge in [0.1, 0.15) is 23.9 Å². The van der Waals surface area contributed by atoms with Gasteiger partial charge in [0, 0.05) is 30.2 Å². The lowest BCUT2D eigenvalue weighted by Crippen LogP contribution is -2.24. The monoisotopic (exact) mass is 570 g/mol. The van der Waals surface area contributed by atoms with Crippen LogP contribution in [0.1, 0.15) is 50.6 Å². The SMILES string of the molecule is C=C1CC(C)C/C=C\COC(c2cc(-c3ccc4c(=O)n(-c5ccc(F)cc5)c(CCCCC(=O)O)nc4c3)no2)=N1. The summed E-state index contributed by atoms with van der Waals surface area (Å²) in [6.07, 6.45) is 7.01. The molecule has 0 radical (unpaired) electrons. The maximum Gasteiger partial charge on any atom is 0.303 e. The Morgan fingerprint density at radius 3 is 2.74 bits per heavy atom. The number of aliphatic imine (C=N–C) groups is 1. The molecule has 0 spiro atoms. The average molecular weight is 571 g/mol. The van der Waals surface area contributed by atoms with Crippen molar-refractivity contribution in [3.05, 3.63) is 101 Å². The lowest BCUT2D eigenvalue weighted by atomic mass is 10.0. The van der Waals surface area contributed by atoms with E-state index in [2.05, 4.69) is 29.7 Å². The molecule has 0 bridgehead atoms. The van der Waals surface area contributed by atoms with Gasteiger partial charge in [0.15, 0.2) is 0 Å². The molecule has 42 heavy (non-hydrogen) atoms. The molecule has 1 unspecified atom stereocenters. The van der Waals surface area contributed by atoms with Gasteiger partial charge < -0.3 is 14.4 Å². The predicted molar refractivity (Wildman–Crippen MR) is 157 cm³/mol. The Hall–Kier alpha value is -4.86. The van der Waals surface area contributed by atoms with E-state index in [0.717, 1.165) is 12.8 Å². The summed E-state index contributed by atoms with van der Waals surface area (Å²) in [7, 11) is 0. The second-order valence-electron chi connectivity index (χ2n) is 10.4. The molecule has 0 saturated carbocycles. The summed E-state index contributed by atoms with van der Waals surface area (Å²) in [5.74, 6) is 0.201. The van der Waals surface area contributed by atoms with E-state index in [1.165, 1.54) is 28.8 Å². The molecular formula is C32H31FN4O5. The third kappa shape index (κ3) is 6.71. The fourth-order valence-corrected chi connectivity index (χ4v) is 4.84. The number of carboxylic acid groups (broad SMARTS) is 1. The highest BCUT2D eigenvalue weighted by Gasteiger charge is 2.18. The smallest absolute Gasteiger partial charge is 0.303 e. The Morgan fingerprint density at radius 1 is 1.14 bits per heavy atom. The number of halogens is 1. The summed E-state index contributed by atoms with van der Waals surface area (Å²) in [5, 5.41) is 13.6. The van der Waals surface area contributed by atoms with Gasteiger partial charge >= 0.3 is 5.97 Å². The zero-order chi connectivity index (χ0) is 29.6. The number of aliphatic carboxylic acids is 1. The van der Waals surface area contributed by atoms with Crippen molar-refractivity contribution in [1.29, 1.82) is 0 Å². The Balaban J connectivity index is 1.50. The van der Waals surface area contributed by atoms with E-state index in [-0.39, 0.29) is 12.0 Å². The Morgan fingerprint density at radius 2 is 1.95 bits per heavy atom. The molecule has 0 aliphatic carbocycles. The van der Waals surface area contributed by atoms with Gasteiger partial charge in [-0.3, -0.25) is 14.2 Å². The van der Waals surface area contributed by atoms with Crippen molar-refractivity contribution in [3.8, 4) is 16.9 Å². The van der Waals surface area contributed by atoms with Gasteiger partial charge in [-0.05, 0) is 68.0 Å². The Kier molecular flexibility index (Phi) is 8.71. The largest absolute Gasteiger partial charge is 0.481 e. The number of fused-ring (bicyclic) bond motifs is 1. The Bertz CT molecular complexity index is 1740. The lowest BCUT2D eigenvalue weighted by molar-refractivity contribution is -0.137. The first-order valence-electron chi connectivity index (χ1n) is 13.8. The van der Waals surface area contributed by atoms with E-state index in [9.17, 15) is 14.0 Å². The molecule has 3 heterocycles. The minimum atomic E-state index is -0.883. The molecule has 2 aromatic heterocycles. The maximum absolute atomic E-state index is 13.7.